The van der Waals surface area contributed by atoms with Crippen LogP contribution in [0.5, 0.6) is 11.5 Å². The smallest absolute Gasteiger partial charge is 0.231 e. The van der Waals surface area contributed by atoms with Gasteiger partial charge in [0.05, 0.1) is 0 Å². The van der Waals surface area contributed by atoms with Crippen molar-refractivity contribution in [1.82, 2.24) is 0 Å². The van der Waals surface area contributed by atoms with Crippen LogP contribution in [0.25, 0.3) is 0 Å². The summed E-state index contributed by atoms with van der Waals surface area (Å²) in [5.74, 6) is 2.24. The molecule has 16 heavy (non-hydrogen) atoms. The third-order valence-corrected chi connectivity index (χ3v) is 3.09. The lowest BCUT2D eigenvalue weighted by Gasteiger charge is -2.05. The zero-order valence-corrected chi connectivity index (χ0v) is 9.03. The van der Waals surface area contributed by atoms with E-state index in [4.69, 9.17) is 9.47 Å². The lowest BCUT2D eigenvalue weighted by molar-refractivity contribution is -0.117. The van der Waals surface area contributed by atoms with Crippen LogP contribution in [0.3, 0.4) is 0 Å². The molecule has 1 fully saturated rings. The lowest BCUT2D eigenvalue weighted by Crippen LogP contribution is -2.14. The van der Waals surface area contributed by atoms with Gasteiger partial charge in [0.15, 0.2) is 11.5 Å². The Hall–Kier alpha value is -1.71. The maximum atomic E-state index is 11.7. The summed E-state index contributed by atoms with van der Waals surface area (Å²) in [7, 11) is 0. The summed E-state index contributed by atoms with van der Waals surface area (Å²) in [4.78, 5) is 11.7. The zero-order valence-electron chi connectivity index (χ0n) is 9.03. The van der Waals surface area contributed by atoms with Crippen LogP contribution in [0.4, 0.5) is 5.69 Å². The number of hydrogen-bond donors (Lipinski definition) is 1. The normalized spacial score (nSPS) is 25.3. The highest BCUT2D eigenvalue weighted by Gasteiger charge is 2.39. The van der Waals surface area contributed by atoms with Crippen LogP contribution >= 0.6 is 0 Å². The summed E-state index contributed by atoms with van der Waals surface area (Å²) in [6.07, 6.45) is 0.996. The van der Waals surface area contributed by atoms with Crippen LogP contribution in [-0.2, 0) is 4.79 Å². The van der Waals surface area contributed by atoms with Gasteiger partial charge in [-0.2, -0.15) is 0 Å². The Morgan fingerprint density at radius 1 is 1.38 bits per heavy atom. The Balaban J connectivity index is 1.73. The van der Waals surface area contributed by atoms with Crippen LogP contribution in [0.1, 0.15) is 13.3 Å². The molecule has 1 N–H and O–H groups in total. The van der Waals surface area contributed by atoms with Crippen LogP contribution in [0.15, 0.2) is 18.2 Å². The maximum absolute atomic E-state index is 11.7. The van der Waals surface area contributed by atoms with E-state index in [1.54, 1.807) is 6.07 Å². The molecule has 0 saturated heterocycles. The fourth-order valence-corrected chi connectivity index (χ4v) is 1.90. The molecular formula is C12H13NO3. The molecule has 0 unspecified atom stereocenters. The van der Waals surface area contributed by atoms with Crippen molar-refractivity contribution < 1.29 is 14.3 Å². The molecule has 2 atom stereocenters. The topological polar surface area (TPSA) is 47.6 Å². The highest BCUT2D eigenvalue weighted by Crippen LogP contribution is 2.39. The number of nitrogens with one attached hydrogen (secondary N) is 1. The number of rotatable bonds is 2. The molecule has 1 aliphatic heterocycles. The van der Waals surface area contributed by atoms with Gasteiger partial charge in [-0.3, -0.25) is 4.79 Å². The second-order valence-corrected chi connectivity index (χ2v) is 4.38. The quantitative estimate of drug-likeness (QED) is 0.827. The van der Waals surface area contributed by atoms with E-state index < -0.39 is 0 Å². The molecule has 1 aromatic rings. The molecule has 2 aliphatic rings. The average Bonchev–Trinajstić information content (AvgIpc) is 2.83. The maximum Gasteiger partial charge on any atom is 0.231 e. The molecule has 1 heterocycles. The van der Waals surface area contributed by atoms with Crippen LogP contribution in [0.2, 0.25) is 0 Å². The van der Waals surface area contributed by atoms with Gasteiger partial charge in [-0.1, -0.05) is 6.92 Å². The minimum absolute atomic E-state index is 0.103. The molecule has 0 aromatic heterocycles. The van der Waals surface area contributed by atoms with E-state index in [1.165, 1.54) is 0 Å². The highest BCUT2D eigenvalue weighted by atomic mass is 16.7. The van der Waals surface area contributed by atoms with Crippen molar-refractivity contribution in [3.05, 3.63) is 18.2 Å². The molecule has 4 nitrogen and oxygen atoms in total. The summed E-state index contributed by atoms with van der Waals surface area (Å²) in [6, 6.07) is 5.44. The third kappa shape index (κ3) is 1.60. The number of hydrogen-bond acceptors (Lipinski definition) is 3. The monoisotopic (exact) mass is 219 g/mol. The van der Waals surface area contributed by atoms with E-state index >= 15 is 0 Å². The van der Waals surface area contributed by atoms with Gasteiger partial charge in [0.25, 0.3) is 0 Å². The summed E-state index contributed by atoms with van der Waals surface area (Å²) >= 11 is 0. The van der Waals surface area contributed by atoms with Gasteiger partial charge < -0.3 is 14.8 Å². The summed E-state index contributed by atoms with van der Waals surface area (Å²) < 4.78 is 10.4. The van der Waals surface area contributed by atoms with Crippen LogP contribution in [0, 0.1) is 11.8 Å². The van der Waals surface area contributed by atoms with Crippen molar-refractivity contribution in [2.45, 2.75) is 13.3 Å². The number of amides is 1. The van der Waals surface area contributed by atoms with E-state index in [2.05, 4.69) is 12.2 Å². The van der Waals surface area contributed by atoms with Gasteiger partial charge in [0, 0.05) is 17.7 Å². The standard InChI is InChI=1S/C12H13NO3/c1-7-4-9(7)12(14)13-8-2-3-10-11(5-8)16-6-15-10/h2-3,5,7,9H,4,6H2,1H3,(H,13,14)/t7-,9+/m1/s1. The molecule has 84 valence electrons. The van der Waals surface area contributed by atoms with Gasteiger partial charge in [0.1, 0.15) is 0 Å². The van der Waals surface area contributed by atoms with E-state index in [0.717, 1.165) is 17.9 Å². The van der Waals surface area contributed by atoms with Crippen molar-refractivity contribution >= 4 is 11.6 Å². The Bertz CT molecular complexity index is 444. The molecule has 1 amide bonds. The zero-order chi connectivity index (χ0) is 11.1. The second-order valence-electron chi connectivity index (χ2n) is 4.38. The second kappa shape index (κ2) is 3.40. The summed E-state index contributed by atoms with van der Waals surface area (Å²) in [6.45, 7) is 2.34. The number of carbonyl (C=O) groups is 1. The Kier molecular flexibility index (Phi) is 2.02. The highest BCUT2D eigenvalue weighted by molar-refractivity contribution is 5.94. The molecule has 0 radical (unpaired) electrons. The number of benzene rings is 1. The van der Waals surface area contributed by atoms with Crippen molar-refractivity contribution in [2.24, 2.45) is 11.8 Å². The first-order valence-corrected chi connectivity index (χ1v) is 5.44. The first-order valence-electron chi connectivity index (χ1n) is 5.44. The minimum atomic E-state index is 0.103. The Morgan fingerprint density at radius 2 is 2.12 bits per heavy atom. The van der Waals surface area contributed by atoms with Gasteiger partial charge in [-0.15, -0.1) is 0 Å². The van der Waals surface area contributed by atoms with E-state index in [0.29, 0.717) is 11.7 Å². The Labute approximate surface area is 93.5 Å². The number of carbonyl (C=O) groups excluding carboxylic acids is 1. The fourth-order valence-electron chi connectivity index (χ4n) is 1.90. The molecule has 1 saturated carbocycles. The molecular weight excluding hydrogens is 206 g/mol. The fraction of sp³-hybridized carbons (Fsp3) is 0.417. The number of ether oxygens (including phenoxy) is 2. The minimum Gasteiger partial charge on any atom is -0.454 e. The van der Waals surface area contributed by atoms with Crippen molar-refractivity contribution in [3.63, 3.8) is 0 Å². The van der Waals surface area contributed by atoms with E-state index in [1.807, 2.05) is 12.1 Å². The first-order chi connectivity index (χ1) is 7.74. The largest absolute Gasteiger partial charge is 0.454 e. The molecule has 1 aliphatic carbocycles. The van der Waals surface area contributed by atoms with Crippen molar-refractivity contribution in [1.29, 1.82) is 0 Å². The average molecular weight is 219 g/mol. The Morgan fingerprint density at radius 3 is 2.88 bits per heavy atom. The van der Waals surface area contributed by atoms with Crippen LogP contribution in [-0.4, -0.2) is 12.7 Å². The van der Waals surface area contributed by atoms with Gasteiger partial charge in [-0.05, 0) is 24.5 Å². The molecule has 0 spiro atoms. The van der Waals surface area contributed by atoms with Crippen molar-refractivity contribution in [2.75, 3.05) is 12.1 Å². The van der Waals surface area contributed by atoms with Crippen LogP contribution < -0.4 is 14.8 Å². The molecule has 4 heteroatoms. The number of anilines is 1. The summed E-state index contributed by atoms with van der Waals surface area (Å²) in [5, 5.41) is 2.89. The molecule has 1 aromatic carbocycles. The van der Waals surface area contributed by atoms with E-state index in [9.17, 15) is 4.79 Å². The molecule has 0 bridgehead atoms. The van der Waals surface area contributed by atoms with Gasteiger partial charge >= 0.3 is 0 Å². The predicted molar refractivity (Wildman–Crippen MR) is 58.5 cm³/mol. The predicted octanol–water partition coefficient (Wildman–Crippen LogP) is 2.01. The van der Waals surface area contributed by atoms with Gasteiger partial charge in [0.2, 0.25) is 12.7 Å². The first kappa shape index (κ1) is 9.51. The summed E-state index contributed by atoms with van der Waals surface area (Å²) in [5.41, 5.74) is 0.772. The lowest BCUT2D eigenvalue weighted by atomic mass is 10.2. The van der Waals surface area contributed by atoms with E-state index in [-0.39, 0.29) is 18.6 Å². The van der Waals surface area contributed by atoms with Gasteiger partial charge in [-0.25, -0.2) is 0 Å². The SMILES string of the molecule is C[C@@H]1C[C@@H]1C(=O)Nc1ccc2c(c1)OCO2. The molecule has 3 rings (SSSR count). The number of fused-ring (bicyclic) bond motifs is 1. The third-order valence-electron chi connectivity index (χ3n) is 3.09. The van der Waals surface area contributed by atoms with Crippen molar-refractivity contribution in [3.8, 4) is 11.5 Å².